The Morgan fingerprint density at radius 1 is 1.27 bits per heavy atom. The Hall–Kier alpha value is -2.14. The molecular weight excluding hydrogens is 280 g/mol. The van der Waals surface area contributed by atoms with Crippen LogP contribution in [-0.4, -0.2) is 42.5 Å². The van der Waals surface area contributed by atoms with E-state index in [0.717, 1.165) is 24.1 Å². The highest BCUT2D eigenvalue weighted by atomic mass is 16.5. The van der Waals surface area contributed by atoms with Crippen molar-refractivity contribution in [2.45, 2.75) is 25.4 Å². The predicted octanol–water partition coefficient (Wildman–Crippen LogP) is 0.787. The second-order valence-electron chi connectivity index (χ2n) is 6.07. The fourth-order valence-electron chi connectivity index (χ4n) is 3.48. The standard InChI is InChI=1S/C17H18N2O3/c20-16(15-7-11-3-1-2-4-12(11)8-18-15)19-6-5-14-13(9-19)10-22-17(14)21/h1-4,15,18H,5-10H2/t15-/m0/s1. The van der Waals surface area contributed by atoms with Crippen LogP contribution in [0.3, 0.4) is 0 Å². The molecule has 1 atom stereocenters. The van der Waals surface area contributed by atoms with Gasteiger partial charge in [-0.05, 0) is 29.5 Å². The highest BCUT2D eigenvalue weighted by Crippen LogP contribution is 2.26. The number of amides is 1. The second-order valence-corrected chi connectivity index (χ2v) is 6.07. The third-order valence-electron chi connectivity index (χ3n) is 4.76. The molecule has 114 valence electrons. The lowest BCUT2D eigenvalue weighted by atomic mass is 9.94. The summed E-state index contributed by atoms with van der Waals surface area (Å²) < 4.78 is 5.05. The lowest BCUT2D eigenvalue weighted by Crippen LogP contribution is -2.51. The van der Waals surface area contributed by atoms with Crippen LogP contribution in [0.5, 0.6) is 0 Å². The topological polar surface area (TPSA) is 58.6 Å². The lowest BCUT2D eigenvalue weighted by Gasteiger charge is -2.33. The van der Waals surface area contributed by atoms with E-state index in [0.29, 0.717) is 26.1 Å². The van der Waals surface area contributed by atoms with E-state index in [1.165, 1.54) is 11.1 Å². The number of carbonyl (C=O) groups excluding carboxylic acids is 2. The minimum absolute atomic E-state index is 0.125. The number of benzene rings is 1. The minimum atomic E-state index is -0.202. The average Bonchev–Trinajstić information content (AvgIpc) is 2.94. The van der Waals surface area contributed by atoms with E-state index < -0.39 is 0 Å². The van der Waals surface area contributed by atoms with Crippen LogP contribution in [0.4, 0.5) is 0 Å². The molecule has 0 saturated heterocycles. The maximum Gasteiger partial charge on any atom is 0.334 e. The van der Waals surface area contributed by atoms with Gasteiger partial charge < -0.3 is 15.0 Å². The summed E-state index contributed by atoms with van der Waals surface area (Å²) in [7, 11) is 0. The zero-order chi connectivity index (χ0) is 15.1. The van der Waals surface area contributed by atoms with Crippen LogP contribution in [0, 0.1) is 0 Å². The molecule has 1 amide bonds. The quantitative estimate of drug-likeness (QED) is 0.779. The molecule has 3 heterocycles. The molecule has 0 fully saturated rings. The Labute approximate surface area is 128 Å². The van der Waals surface area contributed by atoms with Gasteiger partial charge in [-0.2, -0.15) is 0 Å². The van der Waals surface area contributed by atoms with Crippen molar-refractivity contribution in [3.05, 3.63) is 46.5 Å². The molecule has 22 heavy (non-hydrogen) atoms. The van der Waals surface area contributed by atoms with E-state index in [2.05, 4.69) is 17.4 Å². The fraction of sp³-hybridized carbons (Fsp3) is 0.412. The highest BCUT2D eigenvalue weighted by molar-refractivity contribution is 5.93. The van der Waals surface area contributed by atoms with E-state index in [1.54, 1.807) is 0 Å². The number of esters is 1. The van der Waals surface area contributed by atoms with E-state index in [-0.39, 0.29) is 17.9 Å². The number of nitrogens with one attached hydrogen (secondary N) is 1. The number of hydrogen-bond acceptors (Lipinski definition) is 4. The van der Waals surface area contributed by atoms with Gasteiger partial charge in [-0.1, -0.05) is 24.3 Å². The monoisotopic (exact) mass is 298 g/mol. The van der Waals surface area contributed by atoms with Gasteiger partial charge >= 0.3 is 5.97 Å². The molecular formula is C17H18N2O3. The van der Waals surface area contributed by atoms with Crippen molar-refractivity contribution in [3.8, 4) is 0 Å². The zero-order valence-electron chi connectivity index (χ0n) is 12.3. The zero-order valence-corrected chi connectivity index (χ0v) is 12.3. The smallest absolute Gasteiger partial charge is 0.334 e. The van der Waals surface area contributed by atoms with Crippen LogP contribution >= 0.6 is 0 Å². The van der Waals surface area contributed by atoms with Crippen LogP contribution in [0.15, 0.2) is 35.4 Å². The Bertz CT molecular complexity index is 680. The number of fused-ring (bicyclic) bond motifs is 1. The molecule has 0 aliphatic carbocycles. The molecule has 0 unspecified atom stereocenters. The summed E-state index contributed by atoms with van der Waals surface area (Å²) in [6.45, 7) is 2.21. The van der Waals surface area contributed by atoms with Crippen molar-refractivity contribution in [2.24, 2.45) is 0 Å². The van der Waals surface area contributed by atoms with Gasteiger partial charge in [0.05, 0.1) is 6.04 Å². The SMILES string of the molecule is O=C1OCC2=C1CCN(C(=O)[C@@H]1Cc3ccccc3CN1)C2. The second kappa shape index (κ2) is 5.25. The molecule has 0 bridgehead atoms. The average molecular weight is 298 g/mol. The normalized spacial score (nSPS) is 23.9. The Morgan fingerprint density at radius 3 is 2.95 bits per heavy atom. The molecule has 0 radical (unpaired) electrons. The Kier molecular flexibility index (Phi) is 3.22. The molecule has 5 nitrogen and oxygen atoms in total. The van der Waals surface area contributed by atoms with Gasteiger partial charge in [0, 0.05) is 25.2 Å². The van der Waals surface area contributed by atoms with E-state index >= 15 is 0 Å². The third-order valence-corrected chi connectivity index (χ3v) is 4.76. The molecule has 4 rings (SSSR count). The first-order valence-electron chi connectivity index (χ1n) is 7.69. The van der Waals surface area contributed by atoms with Crippen molar-refractivity contribution in [3.63, 3.8) is 0 Å². The maximum absolute atomic E-state index is 12.7. The molecule has 0 aromatic heterocycles. The van der Waals surface area contributed by atoms with Gasteiger partial charge in [-0.3, -0.25) is 4.79 Å². The first-order valence-corrected chi connectivity index (χ1v) is 7.69. The van der Waals surface area contributed by atoms with Crippen LogP contribution in [0.1, 0.15) is 17.5 Å². The number of rotatable bonds is 1. The number of nitrogens with zero attached hydrogens (tertiary/aromatic N) is 1. The summed E-state index contributed by atoms with van der Waals surface area (Å²) in [5, 5.41) is 3.34. The summed E-state index contributed by atoms with van der Waals surface area (Å²) in [6, 6.07) is 8.07. The lowest BCUT2D eigenvalue weighted by molar-refractivity contribution is -0.136. The van der Waals surface area contributed by atoms with Crippen molar-refractivity contribution in [2.75, 3.05) is 19.7 Å². The highest BCUT2D eigenvalue weighted by Gasteiger charge is 2.34. The predicted molar refractivity (Wildman–Crippen MR) is 80.0 cm³/mol. The number of hydrogen-bond donors (Lipinski definition) is 1. The fourth-order valence-corrected chi connectivity index (χ4v) is 3.48. The molecule has 0 spiro atoms. The summed E-state index contributed by atoms with van der Waals surface area (Å²) in [4.78, 5) is 26.1. The Morgan fingerprint density at radius 2 is 2.09 bits per heavy atom. The summed E-state index contributed by atoms with van der Waals surface area (Å²) >= 11 is 0. The minimum Gasteiger partial charge on any atom is -0.458 e. The molecule has 5 heteroatoms. The van der Waals surface area contributed by atoms with Crippen LogP contribution < -0.4 is 5.32 Å². The van der Waals surface area contributed by atoms with Crippen molar-refractivity contribution < 1.29 is 14.3 Å². The van der Waals surface area contributed by atoms with Crippen molar-refractivity contribution in [1.29, 1.82) is 0 Å². The van der Waals surface area contributed by atoms with Gasteiger partial charge in [0.15, 0.2) is 0 Å². The molecule has 1 aromatic rings. The Balaban J connectivity index is 1.48. The van der Waals surface area contributed by atoms with Gasteiger partial charge in [-0.15, -0.1) is 0 Å². The van der Waals surface area contributed by atoms with Crippen molar-refractivity contribution in [1.82, 2.24) is 10.2 Å². The summed E-state index contributed by atoms with van der Waals surface area (Å²) in [5.74, 6) is -0.0766. The first kappa shape index (κ1) is 13.5. The van der Waals surface area contributed by atoms with Crippen molar-refractivity contribution >= 4 is 11.9 Å². The van der Waals surface area contributed by atoms with E-state index in [9.17, 15) is 9.59 Å². The summed E-state index contributed by atoms with van der Waals surface area (Å²) in [5.41, 5.74) is 4.27. The van der Waals surface area contributed by atoms with Crippen LogP contribution in [0.2, 0.25) is 0 Å². The molecule has 3 aliphatic rings. The number of ether oxygens (including phenoxy) is 1. The molecule has 0 saturated carbocycles. The van der Waals surface area contributed by atoms with Gasteiger partial charge in [0.1, 0.15) is 6.61 Å². The molecule has 1 aromatic carbocycles. The van der Waals surface area contributed by atoms with E-state index in [1.807, 2.05) is 17.0 Å². The molecule has 3 aliphatic heterocycles. The third kappa shape index (κ3) is 2.22. The number of cyclic esters (lactones) is 1. The van der Waals surface area contributed by atoms with Gasteiger partial charge in [0.25, 0.3) is 0 Å². The summed E-state index contributed by atoms with van der Waals surface area (Å²) in [6.07, 6.45) is 1.34. The van der Waals surface area contributed by atoms with Gasteiger partial charge in [0.2, 0.25) is 5.91 Å². The van der Waals surface area contributed by atoms with Crippen LogP contribution in [0.25, 0.3) is 0 Å². The van der Waals surface area contributed by atoms with Crippen LogP contribution in [-0.2, 0) is 27.3 Å². The van der Waals surface area contributed by atoms with Gasteiger partial charge in [-0.25, -0.2) is 4.79 Å². The van der Waals surface area contributed by atoms with E-state index in [4.69, 9.17) is 4.74 Å². The molecule has 1 N–H and O–H groups in total. The number of carbonyl (C=O) groups is 2. The first-order chi connectivity index (χ1) is 10.7. The maximum atomic E-state index is 12.7. The largest absolute Gasteiger partial charge is 0.458 e.